The van der Waals surface area contributed by atoms with Crippen LogP contribution in [0.25, 0.3) is 89.0 Å². The Morgan fingerprint density at radius 1 is 0.150 bits per heavy atom. The molecule has 0 fully saturated rings. The predicted octanol–water partition coefficient (Wildman–Crippen LogP) is 31.5. The summed E-state index contributed by atoms with van der Waals surface area (Å²) in [7, 11) is 0. The zero-order valence-corrected chi connectivity index (χ0v) is 64.1. The van der Waals surface area contributed by atoms with Crippen molar-refractivity contribution in [3.8, 4) is 89.0 Å². The molecule has 0 nitrogen and oxygen atoms in total. The van der Waals surface area contributed by atoms with E-state index in [-0.39, 0.29) is 21.7 Å². The molecule has 0 spiro atoms. The summed E-state index contributed by atoms with van der Waals surface area (Å²) in [5.74, 6) is 0. The Morgan fingerprint density at radius 2 is 0.270 bits per heavy atom. The highest BCUT2D eigenvalue weighted by Gasteiger charge is 2.48. The van der Waals surface area contributed by atoms with Crippen molar-refractivity contribution in [2.75, 3.05) is 0 Å². The van der Waals surface area contributed by atoms with E-state index in [2.05, 4.69) is 201 Å². The van der Waals surface area contributed by atoms with Crippen LogP contribution >= 0.6 is 0 Å². The van der Waals surface area contributed by atoms with Gasteiger partial charge in [0.05, 0.1) is 0 Å². The van der Waals surface area contributed by atoms with Crippen LogP contribution in [-0.2, 0) is 21.7 Å². The van der Waals surface area contributed by atoms with Gasteiger partial charge in [0.1, 0.15) is 0 Å². The van der Waals surface area contributed by atoms with E-state index < -0.39 is 0 Å². The summed E-state index contributed by atoms with van der Waals surface area (Å²) in [6, 6.07) is 63.4. The third kappa shape index (κ3) is 13.8. The number of hydrogen-bond acceptors (Lipinski definition) is 0. The van der Waals surface area contributed by atoms with Gasteiger partial charge in [0.25, 0.3) is 0 Å². The zero-order valence-electron chi connectivity index (χ0n) is 64.1. The summed E-state index contributed by atoms with van der Waals surface area (Å²) in [5.41, 5.74) is 35.6. The highest BCUT2D eigenvalue weighted by Crippen LogP contribution is 2.62. The maximum absolute atomic E-state index is 2.69. The molecule has 0 aromatic heterocycles. The number of benzene rings is 8. The number of fused-ring (bicyclic) bond motifs is 12. The Kier molecular flexibility index (Phi) is 23.8. The maximum Gasteiger partial charge on any atom is 0.0215 e. The third-order valence-electron chi connectivity index (χ3n) is 26.4. The highest BCUT2D eigenvalue weighted by atomic mass is 14.5. The van der Waals surface area contributed by atoms with E-state index in [0.29, 0.717) is 0 Å². The molecule has 0 N–H and O–H groups in total. The van der Waals surface area contributed by atoms with E-state index in [1.165, 1.54) is 346 Å². The topological polar surface area (TPSA) is 0 Å². The van der Waals surface area contributed by atoms with Gasteiger partial charge in [-0.15, -0.1) is 0 Å². The molecule has 8 aromatic rings. The van der Waals surface area contributed by atoms with Gasteiger partial charge in [-0.3, -0.25) is 0 Å². The van der Waals surface area contributed by atoms with Gasteiger partial charge >= 0.3 is 0 Å². The highest BCUT2D eigenvalue weighted by molar-refractivity contribution is 5.94. The fourth-order valence-corrected chi connectivity index (χ4v) is 21.0. The average molecular weight is 1330 g/mol. The molecule has 5 aliphatic carbocycles. The van der Waals surface area contributed by atoms with Gasteiger partial charge < -0.3 is 0 Å². The van der Waals surface area contributed by atoms with Crippen molar-refractivity contribution < 1.29 is 0 Å². The van der Waals surface area contributed by atoms with Crippen molar-refractivity contribution in [2.24, 2.45) is 0 Å². The van der Waals surface area contributed by atoms with Gasteiger partial charge in [0, 0.05) is 21.7 Å². The minimum Gasteiger partial charge on any atom is -0.0654 e. The zero-order chi connectivity index (χ0) is 69.1. The lowest BCUT2D eigenvalue weighted by molar-refractivity contribution is 0.401. The fraction of sp³-hybridized carbons (Fsp3) is 0.520. The molecule has 0 amide bonds. The first kappa shape index (κ1) is 72.1. The second-order valence-electron chi connectivity index (χ2n) is 32.9. The summed E-state index contributed by atoms with van der Waals surface area (Å²) in [6.45, 7) is 19.0. The van der Waals surface area contributed by atoms with Gasteiger partial charge in [-0.05, 0) is 233 Å². The number of rotatable bonds is 40. The summed E-state index contributed by atoms with van der Waals surface area (Å²) in [5, 5.41) is 0. The van der Waals surface area contributed by atoms with Crippen molar-refractivity contribution >= 4 is 0 Å². The Labute approximate surface area is 609 Å². The molecular weight excluding hydrogens is 1200 g/mol. The van der Waals surface area contributed by atoms with Crippen LogP contribution in [0.2, 0.25) is 0 Å². The summed E-state index contributed by atoms with van der Waals surface area (Å²) < 4.78 is 0. The number of hydrogen-bond donors (Lipinski definition) is 0. The molecule has 100 heavy (non-hydrogen) atoms. The van der Waals surface area contributed by atoms with Gasteiger partial charge in [-0.1, -0.05) is 358 Å². The van der Waals surface area contributed by atoms with Crippen LogP contribution in [0.5, 0.6) is 0 Å². The van der Waals surface area contributed by atoms with Crippen LogP contribution in [0.1, 0.15) is 357 Å². The molecule has 16 bridgehead atoms. The van der Waals surface area contributed by atoms with Gasteiger partial charge in [-0.2, -0.15) is 0 Å². The van der Waals surface area contributed by atoms with E-state index in [4.69, 9.17) is 0 Å². The second kappa shape index (κ2) is 33.0. The minimum atomic E-state index is -0.000853. The lowest BCUT2D eigenvalue weighted by Gasteiger charge is -2.33. The van der Waals surface area contributed by atoms with Crippen LogP contribution in [0, 0.1) is 0 Å². The van der Waals surface area contributed by atoms with Crippen molar-refractivity contribution in [1.82, 2.24) is 0 Å². The largest absolute Gasteiger partial charge is 0.0654 e. The summed E-state index contributed by atoms with van der Waals surface area (Å²) in [6.07, 6.45) is 51.0. The molecular formula is C100H128. The summed E-state index contributed by atoms with van der Waals surface area (Å²) in [4.78, 5) is 0. The normalized spacial score (nSPS) is 15.1. The van der Waals surface area contributed by atoms with E-state index >= 15 is 0 Å². The Bertz CT molecular complexity index is 3270. The standard InChI is InChI=1S/C100H128/c1-9-17-25-33-57-97(58-34-26-18-10-2)89-49-41-73-65-81(89)82-66-74(42-50-90(82)97)76-44-52-92-84(68-76)86-70-78(46-54-94(86)99(92,61-37-29-21-13-5)62-38-30-22-14-6)80-48-56-96-88(72-80)87-71-79(47-55-95(87)100(96,63-39-31-23-15-7)64-40-32-24-16-8)77-45-53-93-85(69-77)83-67-75(73)43-51-91(83)98(93,59-35-27-19-11-3)60-36-28-20-12-4/h41-56,65-72H,9-40,57-64H2,1-8H3. The van der Waals surface area contributed by atoms with Crippen LogP contribution in [-0.4, -0.2) is 0 Å². The first-order valence-corrected chi connectivity index (χ1v) is 42.4. The average Bonchev–Trinajstić information content (AvgIpc) is 1.55. The van der Waals surface area contributed by atoms with E-state index in [9.17, 15) is 0 Å². The third-order valence-corrected chi connectivity index (χ3v) is 26.4. The quantitative estimate of drug-likeness (QED) is 0.0336. The molecule has 0 heterocycles. The lowest BCUT2D eigenvalue weighted by Crippen LogP contribution is -2.25. The van der Waals surface area contributed by atoms with Crippen LogP contribution < -0.4 is 0 Å². The molecule has 0 heteroatoms. The van der Waals surface area contributed by atoms with Crippen LogP contribution in [0.15, 0.2) is 146 Å². The molecule has 0 saturated carbocycles. The maximum atomic E-state index is 2.69. The van der Waals surface area contributed by atoms with Crippen molar-refractivity contribution in [1.29, 1.82) is 0 Å². The van der Waals surface area contributed by atoms with Gasteiger partial charge in [-0.25, -0.2) is 0 Å². The fourth-order valence-electron chi connectivity index (χ4n) is 21.0. The van der Waals surface area contributed by atoms with E-state index in [0.717, 1.165) is 0 Å². The van der Waals surface area contributed by atoms with Crippen LogP contribution in [0.3, 0.4) is 0 Å². The van der Waals surface area contributed by atoms with E-state index in [1.54, 1.807) is 44.5 Å². The summed E-state index contributed by atoms with van der Waals surface area (Å²) >= 11 is 0. The molecule has 0 aliphatic heterocycles. The Morgan fingerprint density at radius 3 is 0.380 bits per heavy atom. The predicted molar refractivity (Wildman–Crippen MR) is 437 cm³/mol. The van der Waals surface area contributed by atoms with Gasteiger partial charge in [0.15, 0.2) is 0 Å². The second-order valence-corrected chi connectivity index (χ2v) is 32.9. The molecule has 13 rings (SSSR count). The van der Waals surface area contributed by atoms with E-state index in [1.807, 2.05) is 0 Å². The smallest absolute Gasteiger partial charge is 0.0215 e. The molecule has 0 saturated heterocycles. The monoisotopic (exact) mass is 1330 g/mol. The van der Waals surface area contributed by atoms with Crippen molar-refractivity contribution in [3.05, 3.63) is 190 Å². The van der Waals surface area contributed by atoms with Crippen molar-refractivity contribution in [3.63, 3.8) is 0 Å². The molecule has 0 unspecified atom stereocenters. The minimum absolute atomic E-state index is 0.000853. The molecule has 528 valence electrons. The Balaban J connectivity index is 1.07. The lowest BCUT2D eigenvalue weighted by atomic mass is 9.70. The SMILES string of the molecule is CCCCCCC1(CCCCCC)c2ccc3cc2-c2cc(ccc21)-c1ccc2c(c1)-c1cc(ccc1C2(CCCCCC)CCCCCC)-c1ccc2c(c1)-c1cc(ccc1C2(CCCCCC)CCCCCC)-c1ccc2c(c1)-c1cc-3ccc1C2(CCCCCC)CCCCCC. The molecule has 8 aromatic carbocycles. The van der Waals surface area contributed by atoms with Gasteiger partial charge in [0.2, 0.25) is 0 Å². The molecule has 0 radical (unpaired) electrons. The van der Waals surface area contributed by atoms with Crippen molar-refractivity contribution in [2.45, 2.75) is 334 Å². The Hall–Kier alpha value is -6.24. The van der Waals surface area contributed by atoms with Crippen LogP contribution in [0.4, 0.5) is 0 Å². The first-order chi connectivity index (χ1) is 49.2. The number of unbranched alkanes of at least 4 members (excludes halogenated alkanes) is 24. The molecule has 0 atom stereocenters. The molecule has 5 aliphatic rings. The first-order valence-electron chi connectivity index (χ1n) is 42.4.